The van der Waals surface area contributed by atoms with Crippen molar-refractivity contribution in [2.75, 3.05) is 10.8 Å². The molecule has 1 heterocycles. The van der Waals surface area contributed by atoms with Crippen molar-refractivity contribution in [3.63, 3.8) is 0 Å². The molecule has 0 saturated carbocycles. The minimum atomic E-state index is -2.30. The molecule has 0 bridgehead atoms. The maximum Gasteiger partial charge on any atom is 0.280 e. The first-order valence-corrected chi connectivity index (χ1v) is 10.5. The summed E-state index contributed by atoms with van der Waals surface area (Å²) in [6.45, 7) is 3.44. The molecule has 0 N–H and O–H groups in total. The number of benzene rings is 3. The Hall–Kier alpha value is -3.20. The Bertz CT molecular complexity index is 1310. The molecule has 0 spiro atoms. The molecule has 0 fully saturated rings. The number of rotatable bonds is 4. The van der Waals surface area contributed by atoms with Gasteiger partial charge in [-0.15, -0.1) is 11.8 Å². The van der Waals surface area contributed by atoms with Crippen LogP contribution in [0.1, 0.15) is 19.4 Å². The van der Waals surface area contributed by atoms with Gasteiger partial charge in [0.2, 0.25) is 5.82 Å². The summed E-state index contributed by atoms with van der Waals surface area (Å²) in [5, 5.41) is 5.78. The summed E-state index contributed by atoms with van der Waals surface area (Å²) in [5.74, 6) is -11.0. The number of carbonyl (C=O) groups excluding carboxylic acids is 1. The van der Waals surface area contributed by atoms with Gasteiger partial charge in [0, 0.05) is 4.90 Å². The molecule has 0 aromatic heterocycles. The minimum absolute atomic E-state index is 0.0185. The minimum Gasteiger partial charge on any atom is -0.267 e. The molecular weight excluding hydrogens is 447 g/mol. The highest BCUT2D eigenvalue weighted by Crippen LogP contribution is 2.35. The van der Waals surface area contributed by atoms with Crippen LogP contribution >= 0.6 is 11.8 Å². The van der Waals surface area contributed by atoms with Crippen LogP contribution in [-0.2, 0) is 4.79 Å². The molecule has 0 saturated heterocycles. The van der Waals surface area contributed by atoms with Gasteiger partial charge in [0.05, 0.1) is 11.3 Å². The van der Waals surface area contributed by atoms with Gasteiger partial charge < -0.3 is 0 Å². The van der Waals surface area contributed by atoms with Gasteiger partial charge >= 0.3 is 0 Å². The molecule has 32 heavy (non-hydrogen) atoms. The summed E-state index contributed by atoms with van der Waals surface area (Å²) < 4.78 is 69.1. The summed E-state index contributed by atoms with van der Waals surface area (Å²) in [6, 6.07) is 11.2. The van der Waals surface area contributed by atoms with Crippen molar-refractivity contribution in [3.8, 4) is 0 Å². The third-order valence-electron chi connectivity index (χ3n) is 4.98. The Balaban J connectivity index is 1.82. The fourth-order valence-electron chi connectivity index (χ4n) is 3.47. The van der Waals surface area contributed by atoms with E-state index in [-0.39, 0.29) is 16.3 Å². The van der Waals surface area contributed by atoms with Gasteiger partial charge in [-0.25, -0.2) is 22.0 Å². The van der Waals surface area contributed by atoms with Crippen LogP contribution in [0.15, 0.2) is 52.0 Å². The Labute approximate surface area is 184 Å². The second-order valence-corrected chi connectivity index (χ2v) is 8.22. The van der Waals surface area contributed by atoms with Crippen molar-refractivity contribution >= 4 is 45.9 Å². The number of hydrazone groups is 1. The molecule has 1 aliphatic rings. The SMILES string of the molecule is CCSc1ccc(/C=C2/C(=O)N(c3c(F)c(F)c(F)c(F)c3F)N=C2C)c2ccccc12. The zero-order chi connectivity index (χ0) is 23.2. The fraction of sp³-hybridized carbons (Fsp3) is 0.130. The van der Waals surface area contributed by atoms with Crippen molar-refractivity contribution in [1.82, 2.24) is 0 Å². The molecule has 164 valence electrons. The van der Waals surface area contributed by atoms with Crippen LogP contribution in [0.3, 0.4) is 0 Å². The van der Waals surface area contributed by atoms with E-state index in [4.69, 9.17) is 0 Å². The standard InChI is InChI=1S/C23H15F5N2OS/c1-3-32-16-9-8-12(13-6-4-5-7-14(13)16)10-15-11(2)29-30(23(15)31)22-20(27)18(25)17(24)19(26)21(22)28/h4-10H,3H2,1-2H3/b15-10+. The van der Waals surface area contributed by atoms with Crippen LogP contribution in [0.25, 0.3) is 16.8 Å². The predicted molar refractivity (Wildman–Crippen MR) is 115 cm³/mol. The smallest absolute Gasteiger partial charge is 0.267 e. The van der Waals surface area contributed by atoms with Gasteiger partial charge in [-0.3, -0.25) is 4.79 Å². The van der Waals surface area contributed by atoms with E-state index in [1.54, 1.807) is 17.8 Å². The molecule has 9 heteroatoms. The van der Waals surface area contributed by atoms with Gasteiger partial charge in [-0.2, -0.15) is 10.1 Å². The number of carbonyl (C=O) groups is 1. The van der Waals surface area contributed by atoms with E-state index in [0.717, 1.165) is 21.4 Å². The molecule has 3 aromatic rings. The molecule has 3 aromatic carbocycles. The van der Waals surface area contributed by atoms with Crippen LogP contribution in [0, 0.1) is 29.1 Å². The maximum absolute atomic E-state index is 14.2. The first-order chi connectivity index (χ1) is 15.3. The largest absolute Gasteiger partial charge is 0.280 e. The van der Waals surface area contributed by atoms with E-state index >= 15 is 0 Å². The number of amides is 1. The van der Waals surface area contributed by atoms with E-state index < -0.39 is 40.7 Å². The van der Waals surface area contributed by atoms with Gasteiger partial charge in [-0.1, -0.05) is 37.3 Å². The number of nitrogens with zero attached hydrogens (tertiary/aromatic N) is 2. The van der Waals surface area contributed by atoms with Crippen LogP contribution in [0.2, 0.25) is 0 Å². The number of anilines is 1. The predicted octanol–water partition coefficient (Wildman–Crippen LogP) is 6.45. The van der Waals surface area contributed by atoms with Gasteiger partial charge in [-0.05, 0) is 41.2 Å². The molecule has 4 rings (SSSR count). The molecule has 3 nitrogen and oxygen atoms in total. The van der Waals surface area contributed by atoms with Gasteiger partial charge in [0.25, 0.3) is 5.91 Å². The van der Waals surface area contributed by atoms with E-state index in [1.807, 2.05) is 37.3 Å². The monoisotopic (exact) mass is 462 g/mol. The number of thioether (sulfide) groups is 1. The summed E-state index contributed by atoms with van der Waals surface area (Å²) in [6.07, 6.45) is 1.50. The topological polar surface area (TPSA) is 32.7 Å². The molecule has 0 unspecified atom stereocenters. The lowest BCUT2D eigenvalue weighted by molar-refractivity contribution is -0.114. The highest BCUT2D eigenvalue weighted by molar-refractivity contribution is 7.99. The zero-order valence-electron chi connectivity index (χ0n) is 16.8. The Kier molecular flexibility index (Phi) is 5.77. The maximum atomic E-state index is 14.2. The second kappa shape index (κ2) is 8.38. The quantitative estimate of drug-likeness (QED) is 0.147. The summed E-state index contributed by atoms with van der Waals surface area (Å²) in [5.41, 5.74) is -0.697. The molecular formula is C23H15F5N2OS. The molecule has 0 atom stereocenters. The van der Waals surface area contributed by atoms with Crippen LogP contribution in [-0.4, -0.2) is 17.4 Å². The lowest BCUT2D eigenvalue weighted by atomic mass is 10.0. The summed E-state index contributed by atoms with van der Waals surface area (Å²) in [7, 11) is 0. The normalized spacial score (nSPS) is 15.2. The number of hydrogen-bond acceptors (Lipinski definition) is 3. The number of halogens is 5. The van der Waals surface area contributed by atoms with Crippen molar-refractivity contribution in [1.29, 1.82) is 0 Å². The summed E-state index contributed by atoms with van der Waals surface area (Å²) in [4.78, 5) is 14.0. The van der Waals surface area contributed by atoms with E-state index in [2.05, 4.69) is 5.10 Å². The second-order valence-electron chi connectivity index (χ2n) is 6.91. The molecule has 1 aliphatic heterocycles. The van der Waals surface area contributed by atoms with Crippen molar-refractivity contribution in [3.05, 3.63) is 76.6 Å². The first-order valence-electron chi connectivity index (χ1n) is 9.54. The van der Waals surface area contributed by atoms with Gasteiger partial charge in [0.15, 0.2) is 23.3 Å². The zero-order valence-corrected chi connectivity index (χ0v) is 17.7. The Morgan fingerprint density at radius 3 is 2.12 bits per heavy atom. The van der Waals surface area contributed by atoms with E-state index in [0.29, 0.717) is 5.56 Å². The Morgan fingerprint density at radius 2 is 1.50 bits per heavy atom. The highest BCUT2D eigenvalue weighted by atomic mass is 32.2. The summed E-state index contributed by atoms with van der Waals surface area (Å²) >= 11 is 1.66. The van der Waals surface area contributed by atoms with Crippen LogP contribution < -0.4 is 5.01 Å². The van der Waals surface area contributed by atoms with E-state index in [9.17, 15) is 26.7 Å². The number of fused-ring (bicyclic) bond motifs is 1. The van der Waals surface area contributed by atoms with Crippen molar-refractivity contribution < 1.29 is 26.7 Å². The third-order valence-corrected chi connectivity index (χ3v) is 5.93. The number of hydrogen-bond donors (Lipinski definition) is 0. The fourth-order valence-corrected chi connectivity index (χ4v) is 4.28. The highest BCUT2D eigenvalue weighted by Gasteiger charge is 2.37. The lowest BCUT2D eigenvalue weighted by Crippen LogP contribution is -2.25. The van der Waals surface area contributed by atoms with Gasteiger partial charge in [0.1, 0.15) is 5.69 Å². The van der Waals surface area contributed by atoms with Crippen molar-refractivity contribution in [2.45, 2.75) is 18.7 Å². The molecule has 0 radical (unpaired) electrons. The average Bonchev–Trinajstić information content (AvgIpc) is 3.06. The van der Waals surface area contributed by atoms with Crippen LogP contribution in [0.4, 0.5) is 27.6 Å². The third kappa shape index (κ3) is 3.46. The van der Waals surface area contributed by atoms with E-state index in [1.165, 1.54) is 13.0 Å². The Morgan fingerprint density at radius 1 is 0.906 bits per heavy atom. The lowest BCUT2D eigenvalue weighted by Gasteiger charge is -2.15. The average molecular weight is 462 g/mol. The molecule has 1 amide bonds. The van der Waals surface area contributed by atoms with Crippen molar-refractivity contribution in [2.24, 2.45) is 5.10 Å². The first kappa shape index (κ1) is 22.0. The van der Waals surface area contributed by atoms with Crippen LogP contribution in [0.5, 0.6) is 0 Å². The molecule has 0 aliphatic carbocycles.